The van der Waals surface area contributed by atoms with E-state index in [2.05, 4.69) is 25.6 Å². The van der Waals surface area contributed by atoms with Gasteiger partial charge in [0.2, 0.25) is 0 Å². The molecule has 0 atom stereocenters. The highest BCUT2D eigenvalue weighted by atomic mass is 79.9. The van der Waals surface area contributed by atoms with Crippen molar-refractivity contribution in [2.24, 2.45) is 7.05 Å². The van der Waals surface area contributed by atoms with Gasteiger partial charge in [0.15, 0.2) is 5.65 Å². The minimum atomic E-state index is 0.514. The number of nitrogens with zero attached hydrogens (tertiary/aromatic N) is 4. The number of halogens is 3. The molecular formula is C14H13BrCl2N4. The second-order valence-corrected chi connectivity index (χ2v) is 6.42. The van der Waals surface area contributed by atoms with E-state index in [0.717, 1.165) is 32.8 Å². The Bertz CT molecular complexity index is 822. The largest absolute Gasteiger partial charge is 0.281 e. The molecule has 0 unspecified atom stereocenters. The molecule has 1 aromatic carbocycles. The first-order valence-corrected chi connectivity index (χ1v) is 8.15. The van der Waals surface area contributed by atoms with E-state index in [4.69, 9.17) is 28.2 Å². The van der Waals surface area contributed by atoms with Gasteiger partial charge in [-0.2, -0.15) is 5.10 Å². The second-order valence-electron chi connectivity index (χ2n) is 4.78. The van der Waals surface area contributed by atoms with Gasteiger partial charge in [-0.25, -0.2) is 9.67 Å². The normalized spacial score (nSPS) is 11.5. The number of aryl methyl sites for hydroxylation is 3. The molecule has 0 spiro atoms. The molecule has 21 heavy (non-hydrogen) atoms. The van der Waals surface area contributed by atoms with Gasteiger partial charge in [0.25, 0.3) is 0 Å². The number of fused-ring (bicyclic) bond motifs is 1. The van der Waals surface area contributed by atoms with Crippen LogP contribution in [0.5, 0.6) is 0 Å². The summed E-state index contributed by atoms with van der Waals surface area (Å²) < 4.78 is 4.77. The third-order valence-corrected chi connectivity index (χ3v) is 4.77. The van der Waals surface area contributed by atoms with Crippen molar-refractivity contribution in [2.75, 3.05) is 5.88 Å². The monoisotopic (exact) mass is 386 g/mol. The van der Waals surface area contributed by atoms with Gasteiger partial charge >= 0.3 is 0 Å². The maximum atomic E-state index is 6.23. The van der Waals surface area contributed by atoms with Crippen molar-refractivity contribution in [1.82, 2.24) is 19.3 Å². The molecule has 3 rings (SSSR count). The number of hydrogen-bond acceptors (Lipinski definition) is 2. The highest BCUT2D eigenvalue weighted by Crippen LogP contribution is 2.29. The maximum absolute atomic E-state index is 6.23. The molecule has 0 saturated carbocycles. The van der Waals surface area contributed by atoms with Crippen LogP contribution in [0.2, 0.25) is 5.02 Å². The van der Waals surface area contributed by atoms with Crippen LogP contribution in [-0.2, 0) is 13.5 Å². The summed E-state index contributed by atoms with van der Waals surface area (Å²) >= 11 is 15.6. The lowest BCUT2D eigenvalue weighted by Gasteiger charge is -2.10. The predicted octanol–water partition coefficient (Wildman–Crippen LogP) is 4.26. The maximum Gasteiger partial charge on any atom is 0.163 e. The molecule has 0 aliphatic rings. The number of aromatic nitrogens is 4. The zero-order chi connectivity index (χ0) is 15.1. The molecule has 0 aliphatic heterocycles. The molecule has 0 radical (unpaired) electrons. The van der Waals surface area contributed by atoms with E-state index in [0.29, 0.717) is 17.3 Å². The number of hydrogen-bond donors (Lipinski definition) is 0. The van der Waals surface area contributed by atoms with Crippen LogP contribution in [0.15, 0.2) is 22.7 Å². The molecule has 7 heteroatoms. The van der Waals surface area contributed by atoms with Crippen LogP contribution >= 0.6 is 39.1 Å². The highest BCUT2D eigenvalue weighted by molar-refractivity contribution is 9.10. The van der Waals surface area contributed by atoms with Crippen molar-refractivity contribution >= 4 is 50.3 Å². The Morgan fingerprint density at radius 3 is 2.76 bits per heavy atom. The quantitative estimate of drug-likeness (QED) is 0.629. The summed E-state index contributed by atoms with van der Waals surface area (Å²) in [7, 11) is 1.92. The predicted molar refractivity (Wildman–Crippen MR) is 89.7 cm³/mol. The Morgan fingerprint density at radius 2 is 2.10 bits per heavy atom. The molecule has 110 valence electrons. The van der Waals surface area contributed by atoms with E-state index in [9.17, 15) is 0 Å². The molecule has 2 aromatic heterocycles. The molecule has 0 saturated heterocycles. The first kappa shape index (κ1) is 14.9. The third kappa shape index (κ3) is 2.47. The van der Waals surface area contributed by atoms with Crippen LogP contribution in [0.4, 0.5) is 0 Å². The van der Waals surface area contributed by atoms with Gasteiger partial charge in [-0.05, 0) is 41.1 Å². The van der Waals surface area contributed by atoms with Crippen molar-refractivity contribution in [1.29, 1.82) is 0 Å². The Hall–Kier alpha value is -1.04. The first-order chi connectivity index (χ1) is 10.0. The van der Waals surface area contributed by atoms with Crippen molar-refractivity contribution in [3.8, 4) is 5.69 Å². The van der Waals surface area contributed by atoms with Gasteiger partial charge < -0.3 is 0 Å². The third-order valence-electron chi connectivity index (χ3n) is 3.35. The van der Waals surface area contributed by atoms with Gasteiger partial charge in [0.05, 0.1) is 16.4 Å². The minimum absolute atomic E-state index is 0.514. The molecule has 0 fully saturated rings. The van der Waals surface area contributed by atoms with E-state index in [1.165, 1.54) is 0 Å². The number of rotatable bonds is 3. The van der Waals surface area contributed by atoms with E-state index >= 15 is 0 Å². The Morgan fingerprint density at radius 1 is 1.33 bits per heavy atom. The summed E-state index contributed by atoms with van der Waals surface area (Å²) in [5.74, 6) is 1.43. The summed E-state index contributed by atoms with van der Waals surface area (Å²) in [6.07, 6.45) is 0.684. The lowest BCUT2D eigenvalue weighted by atomic mass is 10.3. The molecule has 3 aromatic rings. The van der Waals surface area contributed by atoms with Crippen LogP contribution in [0, 0.1) is 6.92 Å². The fourth-order valence-electron chi connectivity index (χ4n) is 2.47. The van der Waals surface area contributed by atoms with Crippen molar-refractivity contribution in [3.05, 3.63) is 39.2 Å². The van der Waals surface area contributed by atoms with Crippen molar-refractivity contribution in [3.63, 3.8) is 0 Å². The van der Waals surface area contributed by atoms with Gasteiger partial charge in [-0.15, -0.1) is 11.6 Å². The average molecular weight is 388 g/mol. The molecule has 0 amide bonds. The number of benzene rings is 1. The summed E-state index contributed by atoms with van der Waals surface area (Å²) in [6, 6.07) is 5.83. The van der Waals surface area contributed by atoms with E-state index < -0.39 is 0 Å². The fraction of sp³-hybridized carbons (Fsp3) is 0.286. The van der Waals surface area contributed by atoms with Crippen LogP contribution in [0.3, 0.4) is 0 Å². The fourth-order valence-corrected chi connectivity index (χ4v) is 3.06. The summed E-state index contributed by atoms with van der Waals surface area (Å²) in [4.78, 5) is 4.69. The number of imidazole rings is 1. The Labute approximate surface area is 140 Å². The second kappa shape index (κ2) is 5.63. The number of alkyl halides is 1. The molecule has 0 N–H and O–H groups in total. The van der Waals surface area contributed by atoms with Gasteiger partial charge in [-0.3, -0.25) is 4.57 Å². The van der Waals surface area contributed by atoms with Crippen LogP contribution in [0.1, 0.15) is 11.5 Å². The average Bonchev–Trinajstić information content (AvgIpc) is 2.93. The lowest BCUT2D eigenvalue weighted by molar-refractivity contribution is 0.751. The highest BCUT2D eigenvalue weighted by Gasteiger charge is 2.18. The summed E-state index contributed by atoms with van der Waals surface area (Å²) in [6.45, 7) is 1.96. The standard InChI is InChI=1S/C14H13BrCl2N4/c1-8-13-14(20(2)19-8)21(12(18-13)5-6-16)9-3-4-10(15)11(17)7-9/h3-4,7H,5-6H2,1-2H3. The molecule has 0 bridgehead atoms. The van der Waals surface area contributed by atoms with Crippen molar-refractivity contribution in [2.45, 2.75) is 13.3 Å². The van der Waals surface area contributed by atoms with Crippen LogP contribution in [0.25, 0.3) is 16.9 Å². The van der Waals surface area contributed by atoms with E-state index in [-0.39, 0.29) is 0 Å². The summed E-state index contributed by atoms with van der Waals surface area (Å²) in [5.41, 5.74) is 3.71. The zero-order valence-electron chi connectivity index (χ0n) is 11.6. The van der Waals surface area contributed by atoms with E-state index in [1.54, 1.807) is 0 Å². The lowest BCUT2D eigenvalue weighted by Crippen LogP contribution is -2.06. The van der Waals surface area contributed by atoms with Gasteiger partial charge in [0.1, 0.15) is 11.3 Å². The molecule has 4 nitrogen and oxygen atoms in total. The van der Waals surface area contributed by atoms with Crippen LogP contribution < -0.4 is 0 Å². The minimum Gasteiger partial charge on any atom is -0.281 e. The zero-order valence-corrected chi connectivity index (χ0v) is 14.7. The summed E-state index contributed by atoms with van der Waals surface area (Å²) in [5, 5.41) is 5.09. The first-order valence-electron chi connectivity index (χ1n) is 6.45. The Kier molecular flexibility index (Phi) is 3.99. The van der Waals surface area contributed by atoms with Gasteiger partial charge in [0, 0.05) is 23.8 Å². The molecule has 0 aliphatic carbocycles. The van der Waals surface area contributed by atoms with E-state index in [1.807, 2.05) is 36.9 Å². The molecular weight excluding hydrogens is 375 g/mol. The SMILES string of the molecule is Cc1nn(C)c2c1nc(CCCl)n2-c1ccc(Br)c(Cl)c1. The van der Waals surface area contributed by atoms with Crippen LogP contribution in [-0.4, -0.2) is 25.2 Å². The van der Waals surface area contributed by atoms with Gasteiger partial charge in [-0.1, -0.05) is 11.6 Å². The van der Waals surface area contributed by atoms with Crippen molar-refractivity contribution < 1.29 is 0 Å². The topological polar surface area (TPSA) is 35.6 Å². The Balaban J connectivity index is 2.32. The molecule has 2 heterocycles. The smallest absolute Gasteiger partial charge is 0.163 e.